The Morgan fingerprint density at radius 3 is 1.42 bits per heavy atom. The second-order valence-electron chi connectivity index (χ2n) is 13.8. The van der Waals surface area contributed by atoms with Gasteiger partial charge in [0.15, 0.2) is 0 Å². The zero-order valence-electron chi connectivity index (χ0n) is 32.6. The number of thiophene rings is 3. The molecule has 55 heavy (non-hydrogen) atoms. The molecule has 3 atom stereocenters. The van der Waals surface area contributed by atoms with Crippen molar-refractivity contribution in [3.63, 3.8) is 0 Å². The Morgan fingerprint density at radius 1 is 0.527 bits per heavy atom. The second-order valence-corrected chi connectivity index (χ2v) is 16.7. The number of nitrogens with one attached hydrogen (secondary N) is 1. The van der Waals surface area contributed by atoms with Gasteiger partial charge < -0.3 is 29.7 Å². The molecule has 0 radical (unpaired) electrons. The summed E-state index contributed by atoms with van der Waals surface area (Å²) in [5, 5.41) is 23.9. The minimum Gasteiger partial charge on any atom is -0.484 e. The molecule has 0 spiro atoms. The maximum atomic E-state index is 9.64. The van der Waals surface area contributed by atoms with Gasteiger partial charge in [-0.25, -0.2) is 0 Å². The molecule has 3 aromatic heterocycles. The van der Waals surface area contributed by atoms with Crippen molar-refractivity contribution in [1.29, 1.82) is 0 Å². The number of aliphatic hydroxyl groups excluding tert-OH is 1. The van der Waals surface area contributed by atoms with E-state index >= 15 is 0 Å². The molecule has 7 aromatic rings. The van der Waals surface area contributed by atoms with Gasteiger partial charge in [-0.2, -0.15) is 0 Å². The van der Waals surface area contributed by atoms with Gasteiger partial charge >= 0.3 is 0 Å². The summed E-state index contributed by atoms with van der Waals surface area (Å²) in [6.07, 6.45) is 2.67. The lowest BCUT2D eigenvalue weighted by Gasteiger charge is -2.21. The van der Waals surface area contributed by atoms with Crippen molar-refractivity contribution < 1.29 is 14.6 Å². The van der Waals surface area contributed by atoms with E-state index in [2.05, 4.69) is 149 Å². The summed E-state index contributed by atoms with van der Waals surface area (Å²) in [6, 6.07) is 41.7. The van der Waals surface area contributed by atoms with Gasteiger partial charge in [-0.1, -0.05) is 91.0 Å². The molecule has 6 nitrogen and oxygen atoms in total. The van der Waals surface area contributed by atoms with E-state index in [-0.39, 0.29) is 18.3 Å². The van der Waals surface area contributed by atoms with Crippen molar-refractivity contribution in [2.24, 2.45) is 0 Å². The molecule has 0 bridgehead atoms. The maximum absolute atomic E-state index is 9.64. The third-order valence-corrected chi connectivity index (χ3v) is 11.9. The predicted molar refractivity (Wildman–Crippen MR) is 237 cm³/mol. The molecular formula is C46H55N3O3S3. The Morgan fingerprint density at radius 2 is 0.964 bits per heavy atom. The molecule has 0 aliphatic heterocycles. The van der Waals surface area contributed by atoms with E-state index in [1.54, 1.807) is 34.0 Å². The Kier molecular flexibility index (Phi) is 17.2. The second kappa shape index (κ2) is 22.5. The van der Waals surface area contributed by atoms with Crippen LogP contribution in [0.4, 0.5) is 0 Å². The first-order valence-corrected chi connectivity index (χ1v) is 21.5. The molecule has 0 fully saturated rings. The molecule has 0 saturated heterocycles. The van der Waals surface area contributed by atoms with Crippen LogP contribution >= 0.6 is 34.0 Å². The highest BCUT2D eigenvalue weighted by atomic mass is 32.1. The van der Waals surface area contributed by atoms with Gasteiger partial charge in [0.2, 0.25) is 0 Å². The molecule has 4 aromatic carbocycles. The molecule has 3 heterocycles. The summed E-state index contributed by atoms with van der Waals surface area (Å²) in [6.45, 7) is 2.87. The van der Waals surface area contributed by atoms with Crippen LogP contribution < -0.4 is 14.8 Å². The number of rotatable bonds is 16. The zero-order valence-corrected chi connectivity index (χ0v) is 35.1. The number of hydrogen-bond acceptors (Lipinski definition) is 9. The predicted octanol–water partition coefficient (Wildman–Crippen LogP) is 11.3. The Labute approximate surface area is 339 Å². The summed E-state index contributed by atoms with van der Waals surface area (Å²) < 4.78 is 12.8. The van der Waals surface area contributed by atoms with Crippen molar-refractivity contribution in [2.75, 3.05) is 54.9 Å². The summed E-state index contributed by atoms with van der Waals surface area (Å²) in [5.41, 5.74) is 0. The lowest BCUT2D eigenvalue weighted by atomic mass is 10.1. The van der Waals surface area contributed by atoms with Crippen LogP contribution in [0.5, 0.6) is 11.5 Å². The van der Waals surface area contributed by atoms with Crippen molar-refractivity contribution in [3.05, 3.63) is 152 Å². The SMILES string of the molecule is CN(C)CC[C@H](O)c1cccs1.CN(C)CC[C@H](Oc1cccc2ccccc12)c1cccs1.CNCC[C@H](Oc1cccc2ccccc12)c1cccs1. The average molecular weight is 794 g/mol. The van der Waals surface area contributed by atoms with Gasteiger partial charge in [-0.15, -0.1) is 34.0 Å². The van der Waals surface area contributed by atoms with E-state index in [1.165, 1.54) is 31.3 Å². The molecule has 2 N–H and O–H groups in total. The fourth-order valence-electron chi connectivity index (χ4n) is 6.03. The Balaban J connectivity index is 0.000000165. The van der Waals surface area contributed by atoms with Crippen molar-refractivity contribution in [2.45, 2.75) is 37.6 Å². The minimum absolute atomic E-state index is 0.100. The largest absolute Gasteiger partial charge is 0.484 e. The lowest BCUT2D eigenvalue weighted by Crippen LogP contribution is -2.18. The molecule has 0 aliphatic carbocycles. The molecular weight excluding hydrogens is 739 g/mol. The van der Waals surface area contributed by atoms with Gasteiger partial charge in [0.1, 0.15) is 23.7 Å². The third kappa shape index (κ3) is 13.3. The molecule has 0 aliphatic rings. The monoisotopic (exact) mass is 793 g/mol. The maximum Gasteiger partial charge on any atom is 0.134 e. The van der Waals surface area contributed by atoms with Crippen LogP contribution in [0.25, 0.3) is 21.5 Å². The number of benzene rings is 4. The first-order chi connectivity index (χ1) is 26.8. The number of nitrogens with zero attached hydrogens (tertiary/aromatic N) is 2. The van der Waals surface area contributed by atoms with Gasteiger partial charge in [0.05, 0.1) is 6.10 Å². The van der Waals surface area contributed by atoms with Crippen LogP contribution in [-0.2, 0) is 0 Å². The fourth-order valence-corrected chi connectivity index (χ4v) is 8.35. The number of ether oxygens (including phenoxy) is 2. The molecule has 290 valence electrons. The van der Waals surface area contributed by atoms with E-state index in [0.29, 0.717) is 0 Å². The normalized spacial score (nSPS) is 12.8. The summed E-state index contributed by atoms with van der Waals surface area (Å²) >= 11 is 5.13. The summed E-state index contributed by atoms with van der Waals surface area (Å²) in [7, 11) is 10.2. The van der Waals surface area contributed by atoms with Crippen molar-refractivity contribution >= 4 is 55.6 Å². The van der Waals surface area contributed by atoms with Crippen LogP contribution in [0.15, 0.2) is 137 Å². The topological polar surface area (TPSA) is 57.2 Å². The molecule has 0 unspecified atom stereocenters. The first-order valence-electron chi connectivity index (χ1n) is 18.8. The molecule has 0 amide bonds. The van der Waals surface area contributed by atoms with Gasteiger partial charge in [-0.3, -0.25) is 0 Å². The smallest absolute Gasteiger partial charge is 0.134 e. The summed E-state index contributed by atoms with van der Waals surface area (Å²) in [5.74, 6) is 1.93. The molecule has 0 saturated carbocycles. The minimum atomic E-state index is -0.285. The highest BCUT2D eigenvalue weighted by molar-refractivity contribution is 7.10. The van der Waals surface area contributed by atoms with Crippen molar-refractivity contribution in [3.8, 4) is 11.5 Å². The summed E-state index contributed by atoms with van der Waals surface area (Å²) in [4.78, 5) is 7.91. The quantitative estimate of drug-likeness (QED) is 0.102. The number of aliphatic hydroxyl groups is 1. The highest BCUT2D eigenvalue weighted by Gasteiger charge is 2.17. The van der Waals surface area contributed by atoms with E-state index < -0.39 is 0 Å². The zero-order chi connectivity index (χ0) is 38.8. The van der Waals surface area contributed by atoms with E-state index in [1.807, 2.05) is 38.7 Å². The number of fused-ring (bicyclic) bond motifs is 2. The van der Waals surface area contributed by atoms with Crippen LogP contribution in [0, 0.1) is 0 Å². The highest BCUT2D eigenvalue weighted by Crippen LogP contribution is 2.34. The molecule has 7 rings (SSSR count). The Bertz CT molecular complexity index is 2050. The lowest BCUT2D eigenvalue weighted by molar-refractivity contribution is 0.158. The van der Waals surface area contributed by atoms with Crippen LogP contribution in [-0.4, -0.2) is 69.8 Å². The van der Waals surface area contributed by atoms with E-state index in [0.717, 1.165) is 55.3 Å². The first kappa shape index (κ1) is 42.1. The molecule has 9 heteroatoms. The Hall–Kier alpha value is -4.06. The van der Waals surface area contributed by atoms with E-state index in [4.69, 9.17) is 9.47 Å². The van der Waals surface area contributed by atoms with Gasteiger partial charge in [0.25, 0.3) is 0 Å². The third-order valence-electron chi connectivity index (χ3n) is 8.98. The number of hydrogen-bond donors (Lipinski definition) is 2. The van der Waals surface area contributed by atoms with Crippen molar-refractivity contribution in [1.82, 2.24) is 15.1 Å². The van der Waals surface area contributed by atoms with Crippen LogP contribution in [0.3, 0.4) is 0 Å². The van der Waals surface area contributed by atoms with E-state index in [9.17, 15) is 5.11 Å². The average Bonchev–Trinajstić information content (AvgIpc) is 4.03. The van der Waals surface area contributed by atoms with Crippen LogP contribution in [0.1, 0.15) is 52.2 Å². The fraction of sp³-hybridized carbons (Fsp3) is 0.304. The van der Waals surface area contributed by atoms with Crippen LogP contribution in [0.2, 0.25) is 0 Å². The van der Waals surface area contributed by atoms with Gasteiger partial charge in [0, 0.05) is 51.3 Å². The van der Waals surface area contributed by atoms with Gasteiger partial charge in [-0.05, 0) is 105 Å². The standard InChI is InChI=1S/C19H21NOS.C18H19NOS.C9H15NOS/c1-20(2)13-12-18(19-11-6-14-22-19)21-17-10-5-8-15-7-3-4-9-16(15)17;1-19-12-11-17(18-10-5-13-21-18)20-16-9-4-7-14-6-2-3-8-15(14)16;1-10(2)6-5-8(11)9-4-3-7-12-9/h3-11,14,18H,12-13H2,1-2H3;2-10,13,17,19H,11-12H2,1H3;3-4,7-8,11H,5-6H2,1-2H3/t18-;17-;8-/m000/s1.